The molecule has 3 rings (SSSR count). The van der Waals surface area contributed by atoms with Gasteiger partial charge in [0.1, 0.15) is 4.90 Å². The summed E-state index contributed by atoms with van der Waals surface area (Å²) in [6, 6.07) is 1.06. The van der Waals surface area contributed by atoms with Crippen molar-refractivity contribution in [1.29, 1.82) is 0 Å². The molecular weight excluding hydrogens is 288 g/mol. The maximum Gasteiger partial charge on any atom is 0.244 e. The average molecular weight is 312 g/mol. The fourth-order valence-electron chi connectivity index (χ4n) is 3.93. The zero-order valence-electron chi connectivity index (χ0n) is 12.9. The number of hydrogen-bond acceptors (Lipinski definition) is 4. The van der Waals surface area contributed by atoms with Crippen molar-refractivity contribution in [2.75, 3.05) is 7.05 Å². The molecule has 1 aromatic heterocycles. The molecule has 0 aliphatic carbocycles. The Morgan fingerprint density at radius 2 is 1.86 bits per heavy atom. The van der Waals surface area contributed by atoms with Crippen molar-refractivity contribution in [3.05, 3.63) is 11.4 Å². The summed E-state index contributed by atoms with van der Waals surface area (Å²) >= 11 is 0. The van der Waals surface area contributed by atoms with Crippen molar-refractivity contribution in [2.45, 2.75) is 69.0 Å². The van der Waals surface area contributed by atoms with Crippen LogP contribution in [0.4, 0.5) is 0 Å². The fraction of sp³-hybridized carbons (Fsp3) is 0.786. The number of nitrogens with zero attached hydrogens (tertiary/aromatic N) is 2. The standard InChI is InChI=1S/C14H24N4O2S/c1-9-14(10(2)16-15-9)21(19,20)17-11-7-12-5-4-6-13(8-11)18(12)3/h11-13,17H,4-8H2,1-3H3,(H,15,16). The molecule has 6 nitrogen and oxygen atoms in total. The summed E-state index contributed by atoms with van der Waals surface area (Å²) in [5.41, 5.74) is 1.14. The monoisotopic (exact) mass is 312 g/mol. The first-order valence-electron chi connectivity index (χ1n) is 7.64. The maximum atomic E-state index is 12.6. The summed E-state index contributed by atoms with van der Waals surface area (Å²) < 4.78 is 28.2. The van der Waals surface area contributed by atoms with Gasteiger partial charge < -0.3 is 4.90 Å². The molecule has 0 radical (unpaired) electrons. The minimum absolute atomic E-state index is 0.0372. The predicted octanol–water partition coefficient (Wildman–Crippen LogP) is 1.32. The third kappa shape index (κ3) is 2.74. The van der Waals surface area contributed by atoms with E-state index in [-0.39, 0.29) is 6.04 Å². The third-order valence-corrected chi connectivity index (χ3v) is 6.77. The summed E-state index contributed by atoms with van der Waals surface area (Å²) in [6.45, 7) is 3.47. The van der Waals surface area contributed by atoms with Gasteiger partial charge in [-0.2, -0.15) is 5.10 Å². The SMILES string of the molecule is Cc1n[nH]c(C)c1S(=O)(=O)NC1CC2CCCC(C1)N2C. The van der Waals surface area contributed by atoms with Crippen LogP contribution in [-0.4, -0.2) is 48.7 Å². The Kier molecular flexibility index (Phi) is 3.83. The molecule has 118 valence electrons. The maximum absolute atomic E-state index is 12.6. The molecule has 3 heterocycles. The Morgan fingerprint density at radius 1 is 1.24 bits per heavy atom. The highest BCUT2D eigenvalue weighted by Crippen LogP contribution is 2.33. The number of H-pyrrole nitrogens is 1. The fourth-order valence-corrected chi connectivity index (χ4v) is 5.56. The molecule has 0 amide bonds. The largest absolute Gasteiger partial charge is 0.300 e. The smallest absolute Gasteiger partial charge is 0.244 e. The lowest BCUT2D eigenvalue weighted by molar-refractivity contribution is 0.0536. The van der Waals surface area contributed by atoms with Gasteiger partial charge in [-0.15, -0.1) is 0 Å². The lowest BCUT2D eigenvalue weighted by Crippen LogP contribution is -2.55. The van der Waals surface area contributed by atoms with E-state index in [0.717, 1.165) is 12.8 Å². The van der Waals surface area contributed by atoms with E-state index in [1.165, 1.54) is 19.3 Å². The van der Waals surface area contributed by atoms with Crippen molar-refractivity contribution in [2.24, 2.45) is 0 Å². The molecule has 2 aliphatic rings. The van der Waals surface area contributed by atoms with Gasteiger partial charge in [-0.05, 0) is 46.6 Å². The van der Waals surface area contributed by atoms with Crippen LogP contribution >= 0.6 is 0 Å². The molecule has 2 N–H and O–H groups in total. The second-order valence-corrected chi connectivity index (χ2v) is 8.11. The quantitative estimate of drug-likeness (QED) is 0.882. The van der Waals surface area contributed by atoms with Crippen LogP contribution in [0.3, 0.4) is 0 Å². The Hall–Kier alpha value is -0.920. The minimum atomic E-state index is -3.49. The first kappa shape index (κ1) is 15.0. The van der Waals surface area contributed by atoms with Gasteiger partial charge in [0.15, 0.2) is 0 Å². The van der Waals surface area contributed by atoms with Gasteiger partial charge in [-0.1, -0.05) is 6.42 Å². The summed E-state index contributed by atoms with van der Waals surface area (Å²) in [5, 5.41) is 6.74. The van der Waals surface area contributed by atoms with Crippen molar-refractivity contribution in [3.63, 3.8) is 0 Å². The minimum Gasteiger partial charge on any atom is -0.300 e. The molecule has 2 unspecified atom stereocenters. The molecular formula is C14H24N4O2S. The molecule has 1 aromatic rings. The Bertz CT molecular complexity index is 591. The molecule has 2 saturated heterocycles. The van der Waals surface area contributed by atoms with Crippen LogP contribution in [0.25, 0.3) is 0 Å². The number of rotatable bonds is 3. The summed E-state index contributed by atoms with van der Waals surface area (Å²) in [4.78, 5) is 2.74. The third-order valence-electron chi connectivity index (χ3n) is 4.99. The number of aromatic amines is 1. The highest BCUT2D eigenvalue weighted by atomic mass is 32.2. The van der Waals surface area contributed by atoms with Gasteiger partial charge in [0.25, 0.3) is 0 Å². The molecule has 0 spiro atoms. The van der Waals surface area contributed by atoms with Gasteiger partial charge in [-0.25, -0.2) is 13.1 Å². The van der Waals surface area contributed by atoms with E-state index in [4.69, 9.17) is 0 Å². The number of hydrogen-bond donors (Lipinski definition) is 2. The number of nitrogens with one attached hydrogen (secondary N) is 2. The van der Waals surface area contributed by atoms with E-state index in [0.29, 0.717) is 28.4 Å². The molecule has 2 atom stereocenters. The average Bonchev–Trinajstić information content (AvgIpc) is 2.70. The summed E-state index contributed by atoms with van der Waals surface area (Å²) in [5.74, 6) is 0. The lowest BCUT2D eigenvalue weighted by atomic mass is 9.83. The van der Waals surface area contributed by atoms with Crippen LogP contribution in [0.2, 0.25) is 0 Å². The van der Waals surface area contributed by atoms with Crippen LogP contribution in [0.1, 0.15) is 43.5 Å². The van der Waals surface area contributed by atoms with Crippen LogP contribution in [0.15, 0.2) is 4.90 Å². The molecule has 2 fully saturated rings. The topological polar surface area (TPSA) is 78.1 Å². The van der Waals surface area contributed by atoms with Crippen LogP contribution in [-0.2, 0) is 10.0 Å². The van der Waals surface area contributed by atoms with E-state index in [2.05, 4.69) is 26.9 Å². The van der Waals surface area contributed by atoms with E-state index in [9.17, 15) is 8.42 Å². The molecule has 0 saturated carbocycles. The Balaban J connectivity index is 1.78. The van der Waals surface area contributed by atoms with E-state index in [1.54, 1.807) is 13.8 Å². The predicted molar refractivity (Wildman–Crippen MR) is 80.6 cm³/mol. The lowest BCUT2D eigenvalue weighted by Gasteiger charge is -2.47. The van der Waals surface area contributed by atoms with Crippen LogP contribution < -0.4 is 4.72 Å². The number of fused-ring (bicyclic) bond motifs is 2. The van der Waals surface area contributed by atoms with E-state index < -0.39 is 10.0 Å². The van der Waals surface area contributed by atoms with E-state index in [1.807, 2.05) is 0 Å². The zero-order chi connectivity index (χ0) is 15.2. The van der Waals surface area contributed by atoms with Gasteiger partial charge in [0.2, 0.25) is 10.0 Å². The number of piperidine rings is 2. The normalized spacial score (nSPS) is 30.5. The zero-order valence-corrected chi connectivity index (χ0v) is 13.7. The number of aromatic nitrogens is 2. The van der Waals surface area contributed by atoms with Gasteiger partial charge >= 0.3 is 0 Å². The van der Waals surface area contributed by atoms with E-state index >= 15 is 0 Å². The molecule has 7 heteroatoms. The molecule has 2 aliphatic heterocycles. The van der Waals surface area contributed by atoms with Crippen molar-refractivity contribution < 1.29 is 8.42 Å². The molecule has 2 bridgehead atoms. The number of aryl methyl sites for hydroxylation is 2. The van der Waals surface area contributed by atoms with Crippen LogP contribution in [0, 0.1) is 13.8 Å². The summed E-state index contributed by atoms with van der Waals surface area (Å²) in [6.07, 6.45) is 5.42. The van der Waals surface area contributed by atoms with Crippen molar-refractivity contribution in [3.8, 4) is 0 Å². The molecule has 21 heavy (non-hydrogen) atoms. The Morgan fingerprint density at radius 3 is 2.38 bits per heavy atom. The van der Waals surface area contributed by atoms with Crippen molar-refractivity contribution in [1.82, 2.24) is 19.8 Å². The summed E-state index contributed by atoms with van der Waals surface area (Å²) in [7, 11) is -1.32. The molecule has 0 aromatic carbocycles. The highest BCUT2D eigenvalue weighted by Gasteiger charge is 2.38. The van der Waals surface area contributed by atoms with Gasteiger partial charge in [-0.3, -0.25) is 5.10 Å². The van der Waals surface area contributed by atoms with Crippen LogP contribution in [0.5, 0.6) is 0 Å². The first-order valence-corrected chi connectivity index (χ1v) is 9.12. The second-order valence-electron chi connectivity index (χ2n) is 6.46. The van der Waals surface area contributed by atoms with Crippen molar-refractivity contribution >= 4 is 10.0 Å². The highest BCUT2D eigenvalue weighted by molar-refractivity contribution is 7.89. The first-order chi connectivity index (χ1) is 9.88. The Labute approximate surface area is 126 Å². The van der Waals surface area contributed by atoms with Gasteiger partial charge in [0, 0.05) is 18.1 Å². The number of sulfonamides is 1. The second kappa shape index (κ2) is 5.37. The van der Waals surface area contributed by atoms with Gasteiger partial charge in [0.05, 0.1) is 11.4 Å².